The molecule has 0 spiro atoms. The number of primary amides is 1. The molecule has 6 heteroatoms. The normalized spacial score (nSPS) is 23.8. The van der Waals surface area contributed by atoms with Gasteiger partial charge in [0.15, 0.2) is 0 Å². The van der Waals surface area contributed by atoms with E-state index < -0.39 is 11.5 Å². The molecule has 2 heterocycles. The summed E-state index contributed by atoms with van der Waals surface area (Å²) in [5, 5.41) is 10.6. The van der Waals surface area contributed by atoms with Gasteiger partial charge in [-0.3, -0.25) is 9.59 Å². The van der Waals surface area contributed by atoms with Gasteiger partial charge in [0.1, 0.15) is 0 Å². The van der Waals surface area contributed by atoms with Gasteiger partial charge >= 0.3 is 0 Å². The molecule has 0 aliphatic carbocycles. The maximum atomic E-state index is 13.2. The summed E-state index contributed by atoms with van der Waals surface area (Å²) in [5.41, 5.74) is 6.74. The van der Waals surface area contributed by atoms with Crippen molar-refractivity contribution < 1.29 is 14.7 Å². The fraction of sp³-hybridized carbons (Fsp3) is 0.579. The molecule has 3 N–H and O–H groups in total. The average Bonchev–Trinajstić information content (AvgIpc) is 3.07. The Labute approximate surface area is 148 Å². The number of piperidine rings is 1. The van der Waals surface area contributed by atoms with Crippen molar-refractivity contribution >= 4 is 17.5 Å². The second-order valence-corrected chi connectivity index (χ2v) is 7.41. The van der Waals surface area contributed by atoms with Crippen molar-refractivity contribution in [2.45, 2.75) is 44.6 Å². The van der Waals surface area contributed by atoms with Gasteiger partial charge in [-0.05, 0) is 44.7 Å². The van der Waals surface area contributed by atoms with Gasteiger partial charge < -0.3 is 20.6 Å². The van der Waals surface area contributed by atoms with Gasteiger partial charge in [-0.2, -0.15) is 0 Å². The van der Waals surface area contributed by atoms with E-state index in [-0.39, 0.29) is 18.9 Å². The van der Waals surface area contributed by atoms with Crippen LogP contribution in [0.1, 0.15) is 48.0 Å². The van der Waals surface area contributed by atoms with Crippen LogP contribution in [0.2, 0.25) is 0 Å². The van der Waals surface area contributed by atoms with Crippen LogP contribution < -0.4 is 10.6 Å². The molecule has 6 nitrogen and oxygen atoms in total. The molecule has 1 aromatic carbocycles. The molecule has 3 rings (SSSR count). The monoisotopic (exact) mass is 345 g/mol. The first-order valence-electron chi connectivity index (χ1n) is 9.03. The zero-order chi connectivity index (χ0) is 18.0. The Hall–Kier alpha value is -2.08. The number of benzene rings is 1. The lowest BCUT2D eigenvalue weighted by Gasteiger charge is -2.39. The van der Waals surface area contributed by atoms with Crippen LogP contribution in [0.25, 0.3) is 0 Å². The molecule has 0 aromatic heterocycles. The number of hydrogen-bond acceptors (Lipinski definition) is 4. The van der Waals surface area contributed by atoms with E-state index >= 15 is 0 Å². The van der Waals surface area contributed by atoms with E-state index in [0.29, 0.717) is 24.9 Å². The quantitative estimate of drug-likeness (QED) is 0.864. The van der Waals surface area contributed by atoms with Gasteiger partial charge in [0.05, 0.1) is 24.1 Å². The minimum Gasteiger partial charge on any atom is -0.388 e. The van der Waals surface area contributed by atoms with E-state index in [9.17, 15) is 14.7 Å². The molecule has 1 aromatic rings. The van der Waals surface area contributed by atoms with E-state index in [0.717, 1.165) is 37.2 Å². The largest absolute Gasteiger partial charge is 0.388 e. The number of likely N-dealkylation sites (tertiary alicyclic amines) is 1. The highest BCUT2D eigenvalue weighted by atomic mass is 16.3. The lowest BCUT2D eigenvalue weighted by molar-refractivity contribution is -0.125. The molecule has 2 saturated heterocycles. The molecule has 25 heavy (non-hydrogen) atoms. The molecular formula is C19H27N3O3. The number of carbonyl (C=O) groups excluding carboxylic acids is 2. The number of aryl methyl sites for hydroxylation is 1. The molecule has 1 atom stereocenters. The molecule has 2 aliphatic heterocycles. The Balaban J connectivity index is 1.85. The van der Waals surface area contributed by atoms with Crippen LogP contribution in [-0.2, 0) is 4.79 Å². The summed E-state index contributed by atoms with van der Waals surface area (Å²) in [4.78, 5) is 28.3. The van der Waals surface area contributed by atoms with Gasteiger partial charge in [0.2, 0.25) is 5.91 Å². The van der Waals surface area contributed by atoms with E-state index in [1.54, 1.807) is 4.90 Å². The fourth-order valence-corrected chi connectivity index (χ4v) is 3.98. The molecule has 0 bridgehead atoms. The third-order valence-electron chi connectivity index (χ3n) is 5.18. The minimum absolute atomic E-state index is 0.0757. The summed E-state index contributed by atoms with van der Waals surface area (Å²) in [6.07, 6.45) is 3.34. The van der Waals surface area contributed by atoms with Gasteiger partial charge in [0, 0.05) is 25.3 Å². The predicted octanol–water partition coefficient (Wildman–Crippen LogP) is 1.44. The van der Waals surface area contributed by atoms with Crippen molar-refractivity contribution in [3.8, 4) is 0 Å². The smallest absolute Gasteiger partial charge is 0.256 e. The van der Waals surface area contributed by atoms with Crippen LogP contribution in [0.4, 0.5) is 5.69 Å². The average molecular weight is 345 g/mol. The standard InChI is InChI=1S/C19H27N3O3/c1-14-5-6-16(21-8-2-3-9-21)15(11-14)18(24)22-10-4-7-19(25,13-22)12-17(20)23/h5-6,11,25H,2-4,7-10,12-13H2,1H3,(H2,20,23). The summed E-state index contributed by atoms with van der Waals surface area (Å²) in [5.74, 6) is -0.613. The molecular weight excluding hydrogens is 318 g/mol. The van der Waals surface area contributed by atoms with Crippen LogP contribution in [-0.4, -0.2) is 53.6 Å². The van der Waals surface area contributed by atoms with Crippen molar-refractivity contribution in [1.82, 2.24) is 4.90 Å². The Morgan fingerprint density at radius 1 is 1.20 bits per heavy atom. The Kier molecular flexibility index (Phi) is 4.99. The number of β-amino-alcohol motifs (C(OH)–C–C–N with tert-alkyl or cyclic N) is 1. The third-order valence-corrected chi connectivity index (χ3v) is 5.18. The fourth-order valence-electron chi connectivity index (χ4n) is 3.98. The molecule has 1 unspecified atom stereocenters. The van der Waals surface area contributed by atoms with E-state index in [1.165, 1.54) is 0 Å². The first-order valence-corrected chi connectivity index (χ1v) is 9.03. The highest BCUT2D eigenvalue weighted by molar-refractivity contribution is 6.00. The van der Waals surface area contributed by atoms with Crippen LogP contribution >= 0.6 is 0 Å². The first kappa shape index (κ1) is 17.7. The summed E-state index contributed by atoms with van der Waals surface area (Å²) < 4.78 is 0. The molecule has 2 fully saturated rings. The maximum absolute atomic E-state index is 13.2. The zero-order valence-corrected chi connectivity index (χ0v) is 14.8. The predicted molar refractivity (Wildman–Crippen MR) is 96.5 cm³/mol. The number of rotatable bonds is 4. The van der Waals surface area contributed by atoms with E-state index in [1.807, 2.05) is 25.1 Å². The van der Waals surface area contributed by atoms with Crippen LogP contribution in [0.5, 0.6) is 0 Å². The molecule has 2 aliphatic rings. The van der Waals surface area contributed by atoms with Crippen molar-refractivity contribution in [3.63, 3.8) is 0 Å². The number of nitrogens with zero attached hydrogens (tertiary/aromatic N) is 2. The SMILES string of the molecule is Cc1ccc(N2CCCC2)c(C(=O)N2CCCC(O)(CC(N)=O)C2)c1. The van der Waals surface area contributed by atoms with Gasteiger partial charge in [0.25, 0.3) is 5.91 Å². The van der Waals surface area contributed by atoms with Crippen molar-refractivity contribution in [1.29, 1.82) is 0 Å². The summed E-state index contributed by atoms with van der Waals surface area (Å²) in [6, 6.07) is 5.98. The number of nitrogens with two attached hydrogens (primary N) is 1. The van der Waals surface area contributed by atoms with Gasteiger partial charge in [-0.15, -0.1) is 0 Å². The second kappa shape index (κ2) is 7.04. The summed E-state index contributed by atoms with van der Waals surface area (Å²) in [6.45, 7) is 4.66. The van der Waals surface area contributed by atoms with Crippen molar-refractivity contribution in [2.75, 3.05) is 31.1 Å². The van der Waals surface area contributed by atoms with E-state index in [4.69, 9.17) is 5.73 Å². The number of anilines is 1. The topological polar surface area (TPSA) is 86.9 Å². The molecule has 136 valence electrons. The lowest BCUT2D eigenvalue weighted by atomic mass is 9.89. The Morgan fingerprint density at radius 2 is 1.92 bits per heavy atom. The van der Waals surface area contributed by atoms with Gasteiger partial charge in [-0.1, -0.05) is 11.6 Å². The lowest BCUT2D eigenvalue weighted by Crippen LogP contribution is -2.52. The molecule has 0 radical (unpaired) electrons. The Morgan fingerprint density at radius 3 is 2.60 bits per heavy atom. The maximum Gasteiger partial charge on any atom is 0.256 e. The van der Waals surface area contributed by atoms with Crippen LogP contribution in [0.3, 0.4) is 0 Å². The number of carbonyl (C=O) groups is 2. The number of hydrogen-bond donors (Lipinski definition) is 2. The van der Waals surface area contributed by atoms with E-state index in [2.05, 4.69) is 4.90 Å². The highest BCUT2D eigenvalue weighted by Gasteiger charge is 2.37. The summed E-state index contributed by atoms with van der Waals surface area (Å²) in [7, 11) is 0. The van der Waals surface area contributed by atoms with Crippen LogP contribution in [0.15, 0.2) is 18.2 Å². The van der Waals surface area contributed by atoms with Crippen LogP contribution in [0, 0.1) is 6.92 Å². The minimum atomic E-state index is -1.21. The number of aliphatic hydroxyl groups is 1. The molecule has 2 amide bonds. The van der Waals surface area contributed by atoms with Gasteiger partial charge in [-0.25, -0.2) is 0 Å². The molecule has 0 saturated carbocycles. The zero-order valence-electron chi connectivity index (χ0n) is 14.8. The van der Waals surface area contributed by atoms with Crippen molar-refractivity contribution in [3.05, 3.63) is 29.3 Å². The first-order chi connectivity index (χ1) is 11.9. The summed E-state index contributed by atoms with van der Waals surface area (Å²) >= 11 is 0. The second-order valence-electron chi connectivity index (χ2n) is 7.41. The third kappa shape index (κ3) is 3.95. The number of amides is 2. The highest BCUT2D eigenvalue weighted by Crippen LogP contribution is 2.30. The van der Waals surface area contributed by atoms with Crippen molar-refractivity contribution in [2.24, 2.45) is 5.73 Å². The Bertz CT molecular complexity index is 670.